The van der Waals surface area contributed by atoms with Crippen LogP contribution in [-0.2, 0) is 19.5 Å². The van der Waals surface area contributed by atoms with Crippen molar-refractivity contribution in [2.75, 3.05) is 25.4 Å². The molecule has 3 N–H and O–H groups in total. The third-order valence-electron chi connectivity index (χ3n) is 2.99. The maximum Gasteiger partial charge on any atom is 0.125 e. The number of nitrogens with two attached hydrogens (primary N) is 1. The highest BCUT2D eigenvalue weighted by Crippen LogP contribution is 2.23. The number of aromatic nitrogens is 2. The van der Waals surface area contributed by atoms with Crippen LogP contribution >= 0.6 is 0 Å². The zero-order valence-electron chi connectivity index (χ0n) is 9.11. The van der Waals surface area contributed by atoms with Crippen LogP contribution in [-0.4, -0.2) is 39.5 Å². The number of hydrogen-bond donors (Lipinski definition) is 2. The van der Waals surface area contributed by atoms with Crippen molar-refractivity contribution in [1.29, 1.82) is 0 Å². The van der Waals surface area contributed by atoms with E-state index in [1.54, 1.807) is 4.68 Å². The Morgan fingerprint density at radius 1 is 1.53 bits per heavy atom. The molecule has 0 saturated heterocycles. The Balaban J connectivity index is 2.24. The Bertz CT molecular complexity index is 347. The molecule has 0 bridgehead atoms. The maximum atomic E-state index is 8.88. The Hall–Kier alpha value is -1.07. The fraction of sp³-hybridized carbons (Fsp3) is 0.700. The van der Waals surface area contributed by atoms with Gasteiger partial charge in [-0.3, -0.25) is 4.90 Å². The molecule has 1 aliphatic rings. The van der Waals surface area contributed by atoms with Crippen LogP contribution in [0.1, 0.15) is 18.2 Å². The minimum Gasteiger partial charge on any atom is -0.394 e. The Morgan fingerprint density at radius 3 is 3.00 bits per heavy atom. The van der Waals surface area contributed by atoms with Gasteiger partial charge in [0.25, 0.3) is 0 Å². The number of nitrogen functional groups attached to an aromatic ring is 1. The molecule has 2 rings (SSSR count). The van der Waals surface area contributed by atoms with Crippen LogP contribution in [0.4, 0.5) is 5.82 Å². The van der Waals surface area contributed by atoms with Crippen LogP contribution in [0.5, 0.6) is 0 Å². The second kappa shape index (κ2) is 4.20. The SMILES string of the molecule is CCN1CCc2c(nn(CCO)c2N)C1. The third kappa shape index (κ3) is 1.85. The molecular weight excluding hydrogens is 192 g/mol. The lowest BCUT2D eigenvalue weighted by molar-refractivity contribution is 0.259. The molecule has 0 aliphatic carbocycles. The van der Waals surface area contributed by atoms with Crippen molar-refractivity contribution < 1.29 is 5.11 Å². The number of aliphatic hydroxyl groups is 1. The van der Waals surface area contributed by atoms with Gasteiger partial charge in [0, 0.05) is 18.7 Å². The molecule has 5 nitrogen and oxygen atoms in total. The van der Waals surface area contributed by atoms with Gasteiger partial charge in [0.1, 0.15) is 5.82 Å². The molecule has 0 fully saturated rings. The molecule has 84 valence electrons. The van der Waals surface area contributed by atoms with Gasteiger partial charge < -0.3 is 10.8 Å². The van der Waals surface area contributed by atoms with Gasteiger partial charge in [-0.2, -0.15) is 5.10 Å². The van der Waals surface area contributed by atoms with E-state index in [0.29, 0.717) is 6.54 Å². The summed E-state index contributed by atoms with van der Waals surface area (Å²) in [6, 6.07) is 0. The second-order valence-electron chi connectivity index (χ2n) is 3.88. The van der Waals surface area contributed by atoms with E-state index in [0.717, 1.165) is 37.6 Å². The van der Waals surface area contributed by atoms with Crippen molar-refractivity contribution in [1.82, 2.24) is 14.7 Å². The van der Waals surface area contributed by atoms with E-state index >= 15 is 0 Å². The molecule has 0 aromatic carbocycles. The minimum absolute atomic E-state index is 0.0856. The average molecular weight is 210 g/mol. The first-order valence-electron chi connectivity index (χ1n) is 5.43. The fourth-order valence-corrected chi connectivity index (χ4v) is 2.06. The summed E-state index contributed by atoms with van der Waals surface area (Å²) in [6.45, 7) is 5.71. The van der Waals surface area contributed by atoms with E-state index in [2.05, 4.69) is 16.9 Å². The van der Waals surface area contributed by atoms with Crippen molar-refractivity contribution in [3.8, 4) is 0 Å². The molecule has 2 heterocycles. The molecular formula is C10H18N4O. The molecule has 0 spiro atoms. The largest absolute Gasteiger partial charge is 0.394 e. The maximum absolute atomic E-state index is 8.88. The zero-order chi connectivity index (χ0) is 10.8. The summed E-state index contributed by atoms with van der Waals surface area (Å²) in [4.78, 5) is 2.35. The van der Waals surface area contributed by atoms with Crippen molar-refractivity contribution in [3.63, 3.8) is 0 Å². The molecule has 1 aromatic heterocycles. The standard InChI is InChI=1S/C10H18N4O/c1-2-13-4-3-8-9(7-13)12-14(5-6-15)10(8)11/h15H,2-7,11H2,1H3. The first-order chi connectivity index (χ1) is 7.26. The van der Waals surface area contributed by atoms with Gasteiger partial charge in [0.15, 0.2) is 0 Å². The molecule has 1 aliphatic heterocycles. The molecule has 1 aromatic rings. The summed E-state index contributed by atoms with van der Waals surface area (Å²) < 4.78 is 1.71. The van der Waals surface area contributed by atoms with E-state index in [9.17, 15) is 0 Å². The minimum atomic E-state index is 0.0856. The van der Waals surface area contributed by atoms with E-state index in [-0.39, 0.29) is 6.61 Å². The molecule has 0 unspecified atom stereocenters. The van der Waals surface area contributed by atoms with Crippen molar-refractivity contribution in [2.45, 2.75) is 26.4 Å². The molecule has 5 heteroatoms. The first-order valence-corrected chi connectivity index (χ1v) is 5.43. The van der Waals surface area contributed by atoms with E-state index < -0.39 is 0 Å². The number of aliphatic hydroxyl groups excluding tert-OH is 1. The van der Waals surface area contributed by atoms with Gasteiger partial charge in [-0.15, -0.1) is 0 Å². The summed E-state index contributed by atoms with van der Waals surface area (Å²) in [5.41, 5.74) is 8.22. The summed E-state index contributed by atoms with van der Waals surface area (Å²) in [6.07, 6.45) is 0.973. The number of likely N-dealkylation sites (N-methyl/N-ethyl adjacent to an activating group) is 1. The predicted octanol–water partition coefficient (Wildman–Crippen LogP) is -0.164. The topological polar surface area (TPSA) is 67.3 Å². The summed E-state index contributed by atoms with van der Waals surface area (Å²) >= 11 is 0. The zero-order valence-corrected chi connectivity index (χ0v) is 9.11. The fourth-order valence-electron chi connectivity index (χ4n) is 2.06. The Kier molecular flexibility index (Phi) is 2.93. The van der Waals surface area contributed by atoms with Crippen LogP contribution in [0.15, 0.2) is 0 Å². The summed E-state index contributed by atoms with van der Waals surface area (Å²) in [7, 11) is 0. The molecule has 0 radical (unpaired) electrons. The first kappa shape index (κ1) is 10.4. The van der Waals surface area contributed by atoms with Crippen molar-refractivity contribution in [2.24, 2.45) is 0 Å². The number of nitrogens with zero attached hydrogens (tertiary/aromatic N) is 3. The average Bonchev–Trinajstić information content (AvgIpc) is 2.56. The van der Waals surface area contributed by atoms with Gasteiger partial charge in [-0.25, -0.2) is 4.68 Å². The van der Waals surface area contributed by atoms with Gasteiger partial charge in [-0.1, -0.05) is 6.92 Å². The van der Waals surface area contributed by atoms with Crippen LogP contribution in [0.3, 0.4) is 0 Å². The third-order valence-corrected chi connectivity index (χ3v) is 2.99. The highest BCUT2D eigenvalue weighted by molar-refractivity contribution is 5.44. The predicted molar refractivity (Wildman–Crippen MR) is 58.4 cm³/mol. The van der Waals surface area contributed by atoms with Crippen molar-refractivity contribution in [3.05, 3.63) is 11.3 Å². The quantitative estimate of drug-likeness (QED) is 0.727. The highest BCUT2D eigenvalue weighted by Gasteiger charge is 2.21. The molecule has 15 heavy (non-hydrogen) atoms. The Morgan fingerprint density at radius 2 is 2.33 bits per heavy atom. The second-order valence-corrected chi connectivity index (χ2v) is 3.88. The lowest BCUT2D eigenvalue weighted by Crippen LogP contribution is -2.30. The molecule has 0 amide bonds. The lowest BCUT2D eigenvalue weighted by Gasteiger charge is -2.24. The normalized spacial score (nSPS) is 16.7. The lowest BCUT2D eigenvalue weighted by atomic mass is 10.1. The van der Waals surface area contributed by atoms with Crippen LogP contribution in [0.2, 0.25) is 0 Å². The van der Waals surface area contributed by atoms with Crippen LogP contribution in [0, 0.1) is 0 Å². The van der Waals surface area contributed by atoms with Gasteiger partial charge in [0.05, 0.1) is 18.8 Å². The smallest absolute Gasteiger partial charge is 0.125 e. The summed E-state index contributed by atoms with van der Waals surface area (Å²) in [5.74, 6) is 0.731. The number of rotatable bonds is 3. The van der Waals surface area contributed by atoms with Gasteiger partial charge >= 0.3 is 0 Å². The monoisotopic (exact) mass is 210 g/mol. The van der Waals surface area contributed by atoms with E-state index in [4.69, 9.17) is 10.8 Å². The van der Waals surface area contributed by atoms with Crippen molar-refractivity contribution >= 4 is 5.82 Å². The molecule has 0 saturated carbocycles. The Labute approximate surface area is 89.5 Å². The van der Waals surface area contributed by atoms with Crippen LogP contribution in [0.25, 0.3) is 0 Å². The van der Waals surface area contributed by atoms with Crippen LogP contribution < -0.4 is 5.73 Å². The van der Waals surface area contributed by atoms with E-state index in [1.165, 1.54) is 5.56 Å². The van der Waals surface area contributed by atoms with E-state index in [1.807, 2.05) is 0 Å². The number of hydrogen-bond acceptors (Lipinski definition) is 4. The number of fused-ring (bicyclic) bond motifs is 1. The highest BCUT2D eigenvalue weighted by atomic mass is 16.3. The summed E-state index contributed by atoms with van der Waals surface area (Å²) in [5, 5.41) is 13.3. The van der Waals surface area contributed by atoms with Gasteiger partial charge in [-0.05, 0) is 13.0 Å². The molecule has 0 atom stereocenters. The number of anilines is 1. The van der Waals surface area contributed by atoms with Gasteiger partial charge in [0.2, 0.25) is 0 Å².